The standard InChI is InChI=1S/C22H24N4O4/c27-19(30-15-17-5-2-1-3-6-17)14-25-18-7-4-10-24-20(18)21(28)26(22(25)29)13-16-8-11-23-12-9-16/h1-3,5-6,8-9,11-12,18,20,24H,4,7,10,13-15H2. The molecular weight excluding hydrogens is 384 g/mol. The molecule has 8 heteroatoms. The molecule has 8 nitrogen and oxygen atoms in total. The zero-order valence-corrected chi connectivity index (χ0v) is 16.6. The molecule has 3 heterocycles. The summed E-state index contributed by atoms with van der Waals surface area (Å²) in [6.07, 6.45) is 4.75. The second-order valence-corrected chi connectivity index (χ2v) is 7.48. The number of urea groups is 1. The van der Waals surface area contributed by atoms with E-state index in [0.717, 1.165) is 17.5 Å². The van der Waals surface area contributed by atoms with Crippen molar-refractivity contribution < 1.29 is 19.1 Å². The van der Waals surface area contributed by atoms with Crippen LogP contribution in [0, 0.1) is 0 Å². The summed E-state index contributed by atoms with van der Waals surface area (Å²) >= 11 is 0. The molecule has 2 saturated heterocycles. The molecule has 156 valence electrons. The highest BCUT2D eigenvalue weighted by Crippen LogP contribution is 2.26. The van der Waals surface area contributed by atoms with Crippen LogP contribution in [-0.4, -0.2) is 57.9 Å². The summed E-state index contributed by atoms with van der Waals surface area (Å²) in [5.74, 6) is -0.745. The van der Waals surface area contributed by atoms with Crippen LogP contribution < -0.4 is 5.32 Å². The Morgan fingerprint density at radius 1 is 1.10 bits per heavy atom. The third-order valence-electron chi connectivity index (χ3n) is 5.47. The predicted molar refractivity (Wildman–Crippen MR) is 108 cm³/mol. The fourth-order valence-corrected chi connectivity index (χ4v) is 3.94. The summed E-state index contributed by atoms with van der Waals surface area (Å²) in [5.41, 5.74) is 1.68. The number of amides is 3. The van der Waals surface area contributed by atoms with E-state index in [1.54, 1.807) is 24.5 Å². The first kappa shape index (κ1) is 20.0. The first-order valence-corrected chi connectivity index (χ1v) is 10.1. The molecule has 1 aromatic heterocycles. The number of nitrogens with zero attached hydrogens (tertiary/aromatic N) is 3. The Morgan fingerprint density at radius 2 is 1.87 bits per heavy atom. The number of benzene rings is 1. The van der Waals surface area contributed by atoms with Crippen molar-refractivity contribution in [2.24, 2.45) is 0 Å². The highest BCUT2D eigenvalue weighted by Gasteiger charge is 2.47. The van der Waals surface area contributed by atoms with Crippen LogP contribution >= 0.6 is 0 Å². The van der Waals surface area contributed by atoms with Gasteiger partial charge in [-0.25, -0.2) is 4.79 Å². The van der Waals surface area contributed by atoms with Gasteiger partial charge >= 0.3 is 12.0 Å². The fraction of sp³-hybridized carbons (Fsp3) is 0.364. The van der Waals surface area contributed by atoms with Crippen molar-refractivity contribution in [1.29, 1.82) is 0 Å². The Bertz CT molecular complexity index is 906. The summed E-state index contributed by atoms with van der Waals surface area (Å²) in [4.78, 5) is 45.3. The van der Waals surface area contributed by atoms with Crippen molar-refractivity contribution in [3.63, 3.8) is 0 Å². The quantitative estimate of drug-likeness (QED) is 0.732. The SMILES string of the molecule is O=C(CN1C(=O)N(Cc2ccncc2)C(=O)C2NCCCC21)OCc1ccccc1. The molecule has 2 atom stereocenters. The van der Waals surface area contributed by atoms with E-state index in [9.17, 15) is 14.4 Å². The zero-order valence-electron chi connectivity index (χ0n) is 16.6. The Labute approximate surface area is 174 Å². The van der Waals surface area contributed by atoms with Gasteiger partial charge in [-0.05, 0) is 42.6 Å². The lowest BCUT2D eigenvalue weighted by atomic mass is 9.93. The molecule has 0 aliphatic carbocycles. The Balaban J connectivity index is 1.48. The monoisotopic (exact) mass is 408 g/mol. The number of ether oxygens (including phenoxy) is 1. The molecule has 2 fully saturated rings. The largest absolute Gasteiger partial charge is 0.459 e. The molecule has 0 spiro atoms. The lowest BCUT2D eigenvalue weighted by Gasteiger charge is -2.46. The van der Waals surface area contributed by atoms with Crippen LogP contribution in [0.25, 0.3) is 0 Å². The lowest BCUT2D eigenvalue weighted by Crippen LogP contribution is -2.69. The van der Waals surface area contributed by atoms with Gasteiger partial charge < -0.3 is 15.0 Å². The van der Waals surface area contributed by atoms with E-state index in [1.165, 1.54) is 9.80 Å². The molecule has 2 unspecified atom stereocenters. The summed E-state index contributed by atoms with van der Waals surface area (Å²) in [6, 6.07) is 11.6. The summed E-state index contributed by atoms with van der Waals surface area (Å²) < 4.78 is 5.37. The van der Waals surface area contributed by atoms with Crippen molar-refractivity contribution in [3.8, 4) is 0 Å². The number of aromatic nitrogens is 1. The van der Waals surface area contributed by atoms with Gasteiger partial charge in [0, 0.05) is 12.4 Å². The van der Waals surface area contributed by atoms with Gasteiger partial charge in [-0.1, -0.05) is 30.3 Å². The van der Waals surface area contributed by atoms with E-state index in [1.807, 2.05) is 30.3 Å². The summed E-state index contributed by atoms with van der Waals surface area (Å²) in [6.45, 7) is 0.805. The van der Waals surface area contributed by atoms with Crippen molar-refractivity contribution in [1.82, 2.24) is 20.1 Å². The lowest BCUT2D eigenvalue weighted by molar-refractivity contribution is -0.149. The first-order valence-electron chi connectivity index (χ1n) is 10.1. The van der Waals surface area contributed by atoms with Crippen molar-refractivity contribution in [3.05, 3.63) is 66.0 Å². The first-order chi connectivity index (χ1) is 14.6. The molecule has 3 amide bonds. The van der Waals surface area contributed by atoms with E-state index in [4.69, 9.17) is 4.74 Å². The Hall–Kier alpha value is -3.26. The third kappa shape index (κ3) is 4.33. The molecule has 2 aromatic rings. The number of carbonyl (C=O) groups is 3. The smallest absolute Gasteiger partial charge is 0.327 e. The summed E-state index contributed by atoms with van der Waals surface area (Å²) in [7, 11) is 0. The van der Waals surface area contributed by atoms with Gasteiger partial charge in [-0.3, -0.25) is 19.5 Å². The van der Waals surface area contributed by atoms with Crippen LogP contribution in [0.3, 0.4) is 0 Å². The number of nitrogens with one attached hydrogen (secondary N) is 1. The van der Waals surface area contributed by atoms with Gasteiger partial charge in [0.25, 0.3) is 0 Å². The number of fused-ring (bicyclic) bond motifs is 1. The molecule has 0 radical (unpaired) electrons. The maximum atomic E-state index is 13.2. The maximum absolute atomic E-state index is 13.2. The minimum atomic E-state index is -0.514. The number of hydrogen-bond donors (Lipinski definition) is 1. The van der Waals surface area contributed by atoms with Crippen LogP contribution in [0.5, 0.6) is 0 Å². The third-order valence-corrected chi connectivity index (χ3v) is 5.47. The molecule has 1 aromatic carbocycles. The van der Waals surface area contributed by atoms with Crippen LogP contribution in [0.15, 0.2) is 54.9 Å². The maximum Gasteiger partial charge on any atom is 0.327 e. The number of piperidine rings is 1. The topological polar surface area (TPSA) is 91.8 Å². The van der Waals surface area contributed by atoms with E-state index in [0.29, 0.717) is 13.0 Å². The summed E-state index contributed by atoms with van der Waals surface area (Å²) in [5, 5.41) is 3.22. The minimum Gasteiger partial charge on any atom is -0.459 e. The highest BCUT2D eigenvalue weighted by atomic mass is 16.5. The molecule has 0 saturated carbocycles. The van der Waals surface area contributed by atoms with Crippen LogP contribution in [0.2, 0.25) is 0 Å². The van der Waals surface area contributed by atoms with Crippen LogP contribution in [0.4, 0.5) is 4.79 Å². The van der Waals surface area contributed by atoms with Crippen molar-refractivity contribution in [2.45, 2.75) is 38.1 Å². The van der Waals surface area contributed by atoms with E-state index >= 15 is 0 Å². The second-order valence-electron chi connectivity index (χ2n) is 7.48. The zero-order chi connectivity index (χ0) is 20.9. The van der Waals surface area contributed by atoms with E-state index in [2.05, 4.69) is 10.3 Å². The number of hydrogen-bond acceptors (Lipinski definition) is 6. The second kappa shape index (κ2) is 9.04. The van der Waals surface area contributed by atoms with E-state index in [-0.39, 0.29) is 31.6 Å². The van der Waals surface area contributed by atoms with Gasteiger partial charge in [0.1, 0.15) is 19.2 Å². The van der Waals surface area contributed by atoms with Gasteiger partial charge in [0.05, 0.1) is 12.6 Å². The molecule has 30 heavy (non-hydrogen) atoms. The Morgan fingerprint density at radius 3 is 2.63 bits per heavy atom. The van der Waals surface area contributed by atoms with Gasteiger partial charge in [-0.15, -0.1) is 0 Å². The van der Waals surface area contributed by atoms with Crippen LogP contribution in [0.1, 0.15) is 24.0 Å². The number of carbonyl (C=O) groups excluding carboxylic acids is 3. The predicted octanol–water partition coefficient (Wildman–Crippen LogP) is 1.71. The molecule has 1 N–H and O–H groups in total. The van der Waals surface area contributed by atoms with E-state index < -0.39 is 18.0 Å². The molecule has 0 bridgehead atoms. The van der Waals surface area contributed by atoms with Gasteiger partial charge in [0.2, 0.25) is 5.91 Å². The molecule has 4 rings (SSSR count). The highest BCUT2D eigenvalue weighted by molar-refractivity contribution is 6.01. The average Bonchev–Trinajstić information content (AvgIpc) is 2.79. The molecule has 2 aliphatic heterocycles. The average molecular weight is 408 g/mol. The minimum absolute atomic E-state index is 0.140. The molecular formula is C22H24N4O4. The van der Waals surface area contributed by atoms with Crippen molar-refractivity contribution >= 4 is 17.9 Å². The van der Waals surface area contributed by atoms with Crippen molar-refractivity contribution in [2.75, 3.05) is 13.1 Å². The number of rotatable bonds is 6. The number of esters is 1. The fourth-order valence-electron chi connectivity index (χ4n) is 3.94. The Kier molecular flexibility index (Phi) is 6.04. The van der Waals surface area contributed by atoms with Crippen LogP contribution in [-0.2, 0) is 27.5 Å². The normalized spacial score (nSPS) is 21.3. The molecule has 2 aliphatic rings. The van der Waals surface area contributed by atoms with Gasteiger partial charge in [0.15, 0.2) is 0 Å². The number of pyridine rings is 1. The number of imide groups is 1. The van der Waals surface area contributed by atoms with Gasteiger partial charge in [-0.2, -0.15) is 0 Å².